The molecule has 0 bridgehead atoms. The summed E-state index contributed by atoms with van der Waals surface area (Å²) in [5.41, 5.74) is -3.56. The van der Waals surface area contributed by atoms with Crippen LogP contribution in [0.1, 0.15) is 22.6 Å². The first-order valence-electron chi connectivity index (χ1n) is 6.33. The first-order valence-corrected chi connectivity index (χ1v) is 6.33. The van der Waals surface area contributed by atoms with Crippen LogP contribution >= 0.6 is 0 Å². The van der Waals surface area contributed by atoms with Crippen LogP contribution in [-0.2, 0) is 12.4 Å². The van der Waals surface area contributed by atoms with E-state index in [1.165, 1.54) is 0 Å². The highest BCUT2D eigenvalue weighted by Crippen LogP contribution is 2.42. The first kappa shape index (κ1) is 18.4. The van der Waals surface area contributed by atoms with Crippen LogP contribution in [0.15, 0.2) is 30.3 Å². The fourth-order valence-corrected chi connectivity index (χ4v) is 2.20. The molecule has 0 aromatic heterocycles. The number of benzene rings is 2. The van der Waals surface area contributed by atoms with E-state index in [9.17, 15) is 39.5 Å². The molecule has 2 aromatic carbocycles. The fourth-order valence-electron chi connectivity index (χ4n) is 2.20. The molecule has 0 saturated carbocycles. The van der Waals surface area contributed by atoms with Crippen molar-refractivity contribution in [2.45, 2.75) is 24.4 Å². The van der Waals surface area contributed by atoms with E-state index in [4.69, 9.17) is 0 Å². The topological polar surface area (TPSA) is 0 Å². The van der Waals surface area contributed by atoms with E-state index in [2.05, 4.69) is 6.92 Å². The monoisotopic (exact) mass is 359 g/mol. The zero-order valence-electron chi connectivity index (χ0n) is 11.6. The zero-order chi connectivity index (χ0) is 18.5. The van der Waals surface area contributed by atoms with Gasteiger partial charge in [-0.1, -0.05) is 6.07 Å². The summed E-state index contributed by atoms with van der Waals surface area (Å²) in [6.45, 7) is 2.81. The number of hydrogen-bond acceptors (Lipinski definition) is 0. The Hall–Kier alpha value is -1.93. The van der Waals surface area contributed by atoms with Crippen LogP contribution in [0.5, 0.6) is 0 Å². The summed E-state index contributed by atoms with van der Waals surface area (Å²) in [4.78, 5) is 0. The molecule has 0 heterocycles. The minimum atomic E-state index is -5.01. The standard InChI is InChI=1S/C15H8F9/c1-7(13(16,17)18)12-6-10(15(22,23)24)5-8-4-9(14(19,20)21)2-3-11(8)12/h2-7H,1H2. The van der Waals surface area contributed by atoms with Gasteiger partial charge in [0.1, 0.15) is 0 Å². The number of fused-ring (bicyclic) bond motifs is 1. The minimum absolute atomic E-state index is 0.265. The predicted molar refractivity (Wildman–Crippen MR) is 68.1 cm³/mol. The molecule has 9 heteroatoms. The first-order chi connectivity index (χ1) is 10.7. The summed E-state index contributed by atoms with van der Waals surface area (Å²) in [6.07, 6.45) is -14.8. The summed E-state index contributed by atoms with van der Waals surface area (Å²) in [5.74, 6) is -2.51. The SMILES string of the molecule is [CH2]C(c1cc(C(F)(F)F)cc2cc(C(F)(F)F)ccc12)C(F)(F)F. The Kier molecular flexibility index (Phi) is 4.26. The van der Waals surface area contributed by atoms with E-state index in [1.807, 2.05) is 0 Å². The van der Waals surface area contributed by atoms with E-state index >= 15 is 0 Å². The minimum Gasteiger partial charge on any atom is -0.170 e. The van der Waals surface area contributed by atoms with Crippen LogP contribution in [0.25, 0.3) is 10.8 Å². The van der Waals surface area contributed by atoms with E-state index in [-0.39, 0.29) is 11.5 Å². The molecule has 0 spiro atoms. The van der Waals surface area contributed by atoms with Gasteiger partial charge in [0.25, 0.3) is 0 Å². The van der Waals surface area contributed by atoms with Crippen molar-refractivity contribution in [2.75, 3.05) is 0 Å². The smallest absolute Gasteiger partial charge is 0.170 e. The van der Waals surface area contributed by atoms with Gasteiger partial charge in [-0.15, -0.1) is 0 Å². The Morgan fingerprint density at radius 3 is 1.67 bits per heavy atom. The Morgan fingerprint density at radius 2 is 1.21 bits per heavy atom. The van der Waals surface area contributed by atoms with Crippen LogP contribution in [0.2, 0.25) is 0 Å². The quantitative estimate of drug-likeness (QED) is 0.520. The number of rotatable bonds is 1. The summed E-state index contributed by atoms with van der Waals surface area (Å²) in [7, 11) is 0. The molecule has 1 unspecified atom stereocenters. The molecule has 0 nitrogen and oxygen atoms in total. The van der Waals surface area contributed by atoms with Gasteiger partial charge >= 0.3 is 18.5 Å². The van der Waals surface area contributed by atoms with Crippen molar-refractivity contribution in [3.8, 4) is 0 Å². The summed E-state index contributed by atoms with van der Waals surface area (Å²) in [5, 5.41) is -0.958. The molecule has 2 aromatic rings. The van der Waals surface area contributed by atoms with Crippen LogP contribution in [0, 0.1) is 6.92 Å². The van der Waals surface area contributed by atoms with Gasteiger partial charge in [0.05, 0.1) is 17.0 Å². The number of halogens is 9. The van der Waals surface area contributed by atoms with Crippen molar-refractivity contribution in [1.29, 1.82) is 0 Å². The molecule has 0 aliphatic carbocycles. The molecule has 1 radical (unpaired) electrons. The second kappa shape index (κ2) is 5.56. The van der Waals surface area contributed by atoms with Crippen molar-refractivity contribution in [2.24, 2.45) is 0 Å². The van der Waals surface area contributed by atoms with Crippen molar-refractivity contribution in [3.63, 3.8) is 0 Å². The maximum atomic E-state index is 12.9. The lowest BCUT2D eigenvalue weighted by Gasteiger charge is -2.20. The summed E-state index contributed by atoms with van der Waals surface area (Å²) >= 11 is 0. The van der Waals surface area contributed by atoms with E-state index in [0.29, 0.717) is 18.2 Å². The van der Waals surface area contributed by atoms with Crippen molar-refractivity contribution in [1.82, 2.24) is 0 Å². The van der Waals surface area contributed by atoms with E-state index in [1.54, 1.807) is 0 Å². The van der Waals surface area contributed by atoms with Crippen molar-refractivity contribution >= 4 is 10.8 Å². The fraction of sp³-hybridized carbons (Fsp3) is 0.267. The Bertz CT molecular complexity index is 745. The molecule has 0 N–H and O–H groups in total. The highest BCUT2D eigenvalue weighted by molar-refractivity contribution is 5.88. The second-order valence-electron chi connectivity index (χ2n) is 5.09. The van der Waals surface area contributed by atoms with Gasteiger partial charge in [0, 0.05) is 0 Å². The normalized spacial score (nSPS) is 14.9. The largest absolute Gasteiger partial charge is 0.416 e. The average Bonchev–Trinajstić information content (AvgIpc) is 2.41. The maximum Gasteiger partial charge on any atom is 0.416 e. The van der Waals surface area contributed by atoms with Crippen LogP contribution in [-0.4, -0.2) is 6.18 Å². The molecular weight excluding hydrogens is 351 g/mol. The van der Waals surface area contributed by atoms with E-state index < -0.39 is 46.5 Å². The van der Waals surface area contributed by atoms with Gasteiger partial charge in [-0.25, -0.2) is 0 Å². The van der Waals surface area contributed by atoms with Gasteiger partial charge in [0.15, 0.2) is 0 Å². The Morgan fingerprint density at radius 1 is 0.708 bits per heavy atom. The van der Waals surface area contributed by atoms with Gasteiger partial charge in [0.2, 0.25) is 0 Å². The van der Waals surface area contributed by atoms with Gasteiger partial charge in [-0.3, -0.25) is 0 Å². The Balaban J connectivity index is 2.80. The van der Waals surface area contributed by atoms with Gasteiger partial charge < -0.3 is 0 Å². The molecule has 0 fully saturated rings. The highest BCUT2D eigenvalue weighted by Gasteiger charge is 2.40. The van der Waals surface area contributed by atoms with Crippen LogP contribution in [0.3, 0.4) is 0 Å². The van der Waals surface area contributed by atoms with Crippen LogP contribution in [0.4, 0.5) is 39.5 Å². The third-order valence-corrected chi connectivity index (χ3v) is 3.41. The van der Waals surface area contributed by atoms with Crippen molar-refractivity contribution < 1.29 is 39.5 Å². The molecule has 0 aliphatic rings. The lowest BCUT2D eigenvalue weighted by atomic mass is 9.91. The molecule has 24 heavy (non-hydrogen) atoms. The third-order valence-electron chi connectivity index (χ3n) is 3.41. The number of alkyl halides is 9. The number of hydrogen-bond donors (Lipinski definition) is 0. The molecular formula is C15H8F9. The molecule has 131 valence electrons. The third kappa shape index (κ3) is 3.59. The lowest BCUT2D eigenvalue weighted by molar-refractivity contribution is -0.142. The second-order valence-corrected chi connectivity index (χ2v) is 5.09. The lowest BCUT2D eigenvalue weighted by Crippen LogP contribution is -2.19. The molecule has 0 saturated heterocycles. The average molecular weight is 359 g/mol. The summed E-state index contributed by atoms with van der Waals surface area (Å²) in [6, 6.07) is 2.27. The van der Waals surface area contributed by atoms with Crippen molar-refractivity contribution in [3.05, 3.63) is 53.9 Å². The van der Waals surface area contributed by atoms with Gasteiger partial charge in [-0.2, -0.15) is 39.5 Å². The summed E-state index contributed by atoms with van der Waals surface area (Å²) < 4.78 is 115. The predicted octanol–water partition coefficient (Wildman–Crippen LogP) is 6.36. The van der Waals surface area contributed by atoms with Gasteiger partial charge in [-0.05, 0) is 47.5 Å². The molecule has 2 rings (SSSR count). The Labute approximate surface area is 129 Å². The maximum absolute atomic E-state index is 12.9. The molecule has 0 aliphatic heterocycles. The van der Waals surface area contributed by atoms with E-state index in [0.717, 1.165) is 6.07 Å². The highest BCUT2D eigenvalue weighted by atomic mass is 19.4. The zero-order valence-corrected chi connectivity index (χ0v) is 11.6. The molecule has 1 atom stereocenters. The molecule has 0 amide bonds. The van der Waals surface area contributed by atoms with Crippen LogP contribution < -0.4 is 0 Å².